The van der Waals surface area contributed by atoms with Gasteiger partial charge in [0.2, 0.25) is 0 Å². The van der Waals surface area contributed by atoms with Crippen molar-refractivity contribution in [2.45, 2.75) is 18.9 Å². The number of anilines is 1. The summed E-state index contributed by atoms with van der Waals surface area (Å²) in [7, 11) is 3.73. The molecule has 2 heterocycles. The Hall–Kier alpha value is -1.88. The van der Waals surface area contributed by atoms with Crippen LogP contribution in [0.5, 0.6) is 5.88 Å². The van der Waals surface area contributed by atoms with Crippen LogP contribution >= 0.6 is 0 Å². The standard InChI is InChI=1S/C15H20N4O/c1-19(11-7-9-16-10-8-11)14-15(20-2)18-13-6-4-3-5-12(13)17-14/h3-6,11,16H,7-10H2,1-2H3. The van der Waals surface area contributed by atoms with Gasteiger partial charge in [-0.3, -0.25) is 0 Å². The van der Waals surface area contributed by atoms with Crippen LogP contribution in [-0.2, 0) is 0 Å². The van der Waals surface area contributed by atoms with Gasteiger partial charge in [-0.05, 0) is 38.1 Å². The second-order valence-corrected chi connectivity index (χ2v) is 5.14. The minimum absolute atomic E-state index is 0.487. The molecule has 1 aromatic carbocycles. The van der Waals surface area contributed by atoms with Gasteiger partial charge in [0.25, 0.3) is 5.88 Å². The van der Waals surface area contributed by atoms with Crippen LogP contribution in [0.3, 0.4) is 0 Å². The summed E-state index contributed by atoms with van der Waals surface area (Å²) in [6, 6.07) is 8.38. The summed E-state index contributed by atoms with van der Waals surface area (Å²) >= 11 is 0. The summed E-state index contributed by atoms with van der Waals surface area (Å²) < 4.78 is 5.43. The van der Waals surface area contributed by atoms with E-state index in [9.17, 15) is 0 Å². The van der Waals surface area contributed by atoms with Crippen molar-refractivity contribution in [2.75, 3.05) is 32.1 Å². The van der Waals surface area contributed by atoms with Crippen LogP contribution in [0.1, 0.15) is 12.8 Å². The fraction of sp³-hybridized carbons (Fsp3) is 0.467. The van der Waals surface area contributed by atoms with Gasteiger partial charge >= 0.3 is 0 Å². The minimum atomic E-state index is 0.487. The molecule has 1 fully saturated rings. The molecule has 0 bridgehead atoms. The first-order valence-corrected chi connectivity index (χ1v) is 7.04. The fourth-order valence-corrected chi connectivity index (χ4v) is 2.71. The molecule has 1 N–H and O–H groups in total. The van der Waals surface area contributed by atoms with Crippen molar-refractivity contribution in [3.8, 4) is 5.88 Å². The van der Waals surface area contributed by atoms with Crippen LogP contribution in [0.2, 0.25) is 0 Å². The van der Waals surface area contributed by atoms with E-state index in [1.807, 2.05) is 24.3 Å². The van der Waals surface area contributed by atoms with Crippen molar-refractivity contribution in [1.82, 2.24) is 15.3 Å². The zero-order valence-corrected chi connectivity index (χ0v) is 12.0. The van der Waals surface area contributed by atoms with E-state index in [0.717, 1.165) is 42.8 Å². The van der Waals surface area contributed by atoms with E-state index >= 15 is 0 Å². The van der Waals surface area contributed by atoms with Crippen molar-refractivity contribution in [2.24, 2.45) is 0 Å². The number of nitrogens with zero attached hydrogens (tertiary/aromatic N) is 3. The highest BCUT2D eigenvalue weighted by molar-refractivity contribution is 5.77. The van der Waals surface area contributed by atoms with Crippen LogP contribution in [0, 0.1) is 0 Å². The van der Waals surface area contributed by atoms with Gasteiger partial charge in [0.15, 0.2) is 5.82 Å². The minimum Gasteiger partial charge on any atom is -0.478 e. The smallest absolute Gasteiger partial charge is 0.257 e. The van der Waals surface area contributed by atoms with Crippen molar-refractivity contribution >= 4 is 16.9 Å². The SMILES string of the molecule is COc1nc2ccccc2nc1N(C)C1CCNCC1. The normalized spacial score (nSPS) is 16.3. The molecule has 5 heteroatoms. The Kier molecular flexibility index (Phi) is 3.69. The maximum absolute atomic E-state index is 5.43. The number of piperidine rings is 1. The lowest BCUT2D eigenvalue weighted by Gasteiger charge is -2.32. The molecule has 0 radical (unpaired) electrons. The Morgan fingerprint density at radius 2 is 1.80 bits per heavy atom. The number of nitrogens with one attached hydrogen (secondary N) is 1. The number of ether oxygens (including phenoxy) is 1. The summed E-state index contributed by atoms with van der Waals surface area (Å²) in [5.74, 6) is 1.43. The molecule has 2 aromatic rings. The van der Waals surface area contributed by atoms with Gasteiger partial charge in [0.1, 0.15) is 0 Å². The molecule has 0 atom stereocenters. The quantitative estimate of drug-likeness (QED) is 0.923. The zero-order chi connectivity index (χ0) is 13.9. The molecule has 3 rings (SSSR count). The van der Waals surface area contributed by atoms with Crippen LogP contribution in [0.25, 0.3) is 11.0 Å². The highest BCUT2D eigenvalue weighted by Crippen LogP contribution is 2.28. The molecule has 20 heavy (non-hydrogen) atoms. The predicted octanol–water partition coefficient (Wildman–Crippen LogP) is 1.83. The number of rotatable bonds is 3. The molecule has 1 aliphatic rings. The van der Waals surface area contributed by atoms with Crippen molar-refractivity contribution < 1.29 is 4.74 Å². The number of para-hydroxylation sites is 2. The molecule has 1 saturated heterocycles. The zero-order valence-electron chi connectivity index (χ0n) is 12.0. The number of aromatic nitrogens is 2. The van der Waals surface area contributed by atoms with Crippen molar-refractivity contribution in [3.05, 3.63) is 24.3 Å². The molecule has 0 spiro atoms. The third-order valence-corrected chi connectivity index (χ3v) is 3.91. The maximum Gasteiger partial charge on any atom is 0.257 e. The molecular weight excluding hydrogens is 252 g/mol. The van der Waals surface area contributed by atoms with E-state index in [1.54, 1.807) is 7.11 Å². The van der Waals surface area contributed by atoms with Gasteiger partial charge < -0.3 is 15.0 Å². The van der Waals surface area contributed by atoms with Gasteiger partial charge in [0, 0.05) is 13.1 Å². The topological polar surface area (TPSA) is 50.3 Å². The van der Waals surface area contributed by atoms with Crippen molar-refractivity contribution in [3.63, 3.8) is 0 Å². The van der Waals surface area contributed by atoms with E-state index in [4.69, 9.17) is 9.72 Å². The second kappa shape index (κ2) is 5.63. The Morgan fingerprint density at radius 3 is 2.45 bits per heavy atom. The summed E-state index contributed by atoms with van der Waals surface area (Å²) in [4.78, 5) is 11.5. The van der Waals surface area contributed by atoms with Gasteiger partial charge in [-0.1, -0.05) is 12.1 Å². The van der Waals surface area contributed by atoms with Crippen LogP contribution in [0.15, 0.2) is 24.3 Å². The first kappa shape index (κ1) is 13.1. The Balaban J connectivity index is 1.99. The maximum atomic E-state index is 5.43. The van der Waals surface area contributed by atoms with E-state index in [2.05, 4.69) is 22.2 Å². The van der Waals surface area contributed by atoms with E-state index in [-0.39, 0.29) is 0 Å². The monoisotopic (exact) mass is 272 g/mol. The van der Waals surface area contributed by atoms with Gasteiger partial charge in [-0.2, -0.15) is 0 Å². The number of hydrogen-bond acceptors (Lipinski definition) is 5. The first-order valence-electron chi connectivity index (χ1n) is 7.04. The molecule has 0 saturated carbocycles. The van der Waals surface area contributed by atoms with Crippen LogP contribution in [-0.4, -0.2) is 43.3 Å². The summed E-state index contributed by atoms with van der Waals surface area (Å²) in [6.07, 6.45) is 2.24. The number of methoxy groups -OCH3 is 1. The van der Waals surface area contributed by atoms with E-state index in [0.29, 0.717) is 11.9 Å². The van der Waals surface area contributed by atoms with Crippen LogP contribution < -0.4 is 15.0 Å². The van der Waals surface area contributed by atoms with Gasteiger partial charge in [-0.25, -0.2) is 9.97 Å². The molecule has 5 nitrogen and oxygen atoms in total. The second-order valence-electron chi connectivity index (χ2n) is 5.14. The third kappa shape index (κ3) is 2.41. The lowest BCUT2D eigenvalue weighted by molar-refractivity contribution is 0.390. The average Bonchev–Trinajstić information content (AvgIpc) is 2.53. The lowest BCUT2D eigenvalue weighted by atomic mass is 10.1. The molecule has 1 aliphatic heterocycles. The Labute approximate surface area is 119 Å². The summed E-state index contributed by atoms with van der Waals surface area (Å²) in [5.41, 5.74) is 1.77. The first-order chi connectivity index (χ1) is 9.79. The molecule has 0 unspecified atom stereocenters. The molecule has 0 amide bonds. The lowest BCUT2D eigenvalue weighted by Crippen LogP contribution is -2.41. The van der Waals surface area contributed by atoms with E-state index < -0.39 is 0 Å². The average molecular weight is 272 g/mol. The molecular formula is C15H20N4O. The largest absolute Gasteiger partial charge is 0.478 e. The summed E-state index contributed by atoms with van der Waals surface area (Å²) in [6.45, 7) is 2.11. The van der Waals surface area contributed by atoms with E-state index in [1.165, 1.54) is 0 Å². The Bertz CT molecular complexity index is 595. The highest BCUT2D eigenvalue weighted by Gasteiger charge is 2.22. The fourth-order valence-electron chi connectivity index (χ4n) is 2.71. The number of hydrogen-bond donors (Lipinski definition) is 1. The molecule has 0 aliphatic carbocycles. The highest BCUT2D eigenvalue weighted by atomic mass is 16.5. The van der Waals surface area contributed by atoms with Gasteiger partial charge in [0.05, 0.1) is 18.1 Å². The summed E-state index contributed by atoms with van der Waals surface area (Å²) in [5, 5.41) is 3.39. The van der Waals surface area contributed by atoms with Crippen molar-refractivity contribution in [1.29, 1.82) is 0 Å². The number of benzene rings is 1. The third-order valence-electron chi connectivity index (χ3n) is 3.91. The number of fused-ring (bicyclic) bond motifs is 1. The van der Waals surface area contributed by atoms with Gasteiger partial charge in [-0.15, -0.1) is 0 Å². The molecule has 106 valence electrons. The predicted molar refractivity (Wildman–Crippen MR) is 80.4 cm³/mol. The Morgan fingerprint density at radius 1 is 1.15 bits per heavy atom. The van der Waals surface area contributed by atoms with Crippen LogP contribution in [0.4, 0.5) is 5.82 Å². The molecule has 1 aromatic heterocycles.